The van der Waals surface area contributed by atoms with Crippen LogP contribution in [0.4, 0.5) is 0 Å². The topological polar surface area (TPSA) is 50.1 Å². The molecule has 30 heavy (non-hydrogen) atoms. The molecule has 0 spiro atoms. The van der Waals surface area contributed by atoms with E-state index in [0.717, 1.165) is 18.4 Å². The number of para-hydroxylation sites is 1. The molecule has 0 aliphatic heterocycles. The van der Waals surface area contributed by atoms with Crippen LogP contribution in [0.1, 0.15) is 114 Å². The van der Waals surface area contributed by atoms with Crippen molar-refractivity contribution in [3.8, 4) is 11.8 Å². The monoisotopic (exact) mass is 411 g/mol. The molecule has 1 aromatic carbocycles. The summed E-state index contributed by atoms with van der Waals surface area (Å²) in [5, 5.41) is 9.17. The quantitative estimate of drug-likeness (QED) is 0.112. The van der Waals surface area contributed by atoms with Crippen LogP contribution in [0.5, 0.6) is 5.75 Å². The fourth-order valence-electron chi connectivity index (χ4n) is 3.68. The van der Waals surface area contributed by atoms with Gasteiger partial charge in [-0.25, -0.2) is 4.79 Å². The zero-order chi connectivity index (χ0) is 22.0. The molecular formula is C27H41NO2. The maximum Gasteiger partial charge on any atom is 0.338 e. The number of rotatable bonds is 17. The molecule has 0 aromatic heterocycles. The average molecular weight is 412 g/mol. The van der Waals surface area contributed by atoms with Gasteiger partial charge >= 0.3 is 5.97 Å². The van der Waals surface area contributed by atoms with E-state index in [1.54, 1.807) is 12.1 Å². The van der Waals surface area contributed by atoms with Crippen LogP contribution < -0.4 is 4.74 Å². The number of ether oxygens (including phenoxy) is 1. The number of esters is 1. The zero-order valence-electron chi connectivity index (χ0n) is 19.3. The molecule has 1 rings (SSSR count). The van der Waals surface area contributed by atoms with E-state index in [0.29, 0.717) is 23.3 Å². The molecule has 0 amide bonds. The number of aryl methyl sites for hydroxylation is 1. The number of nitriles is 1. The normalized spacial score (nSPS) is 10.6. The lowest BCUT2D eigenvalue weighted by atomic mass is 10.0. The third kappa shape index (κ3) is 11.2. The Morgan fingerprint density at radius 1 is 0.900 bits per heavy atom. The van der Waals surface area contributed by atoms with Crippen LogP contribution in [0.3, 0.4) is 0 Å². The molecule has 3 heteroatoms. The van der Waals surface area contributed by atoms with Gasteiger partial charge in [0.2, 0.25) is 0 Å². The van der Waals surface area contributed by atoms with Gasteiger partial charge in [0.15, 0.2) is 5.75 Å². The van der Waals surface area contributed by atoms with E-state index in [4.69, 9.17) is 4.74 Å². The molecule has 0 saturated carbocycles. The number of hydrogen-bond donors (Lipinski definition) is 0. The Morgan fingerprint density at radius 3 is 1.90 bits per heavy atom. The van der Waals surface area contributed by atoms with E-state index in [2.05, 4.69) is 19.6 Å². The molecule has 0 unspecified atom stereocenters. The van der Waals surface area contributed by atoms with Gasteiger partial charge in [0, 0.05) is 5.57 Å². The van der Waals surface area contributed by atoms with E-state index in [-0.39, 0.29) is 0 Å². The molecule has 166 valence electrons. The van der Waals surface area contributed by atoms with E-state index in [1.807, 2.05) is 13.0 Å². The third-order valence-corrected chi connectivity index (χ3v) is 5.65. The molecule has 0 atom stereocenters. The van der Waals surface area contributed by atoms with E-state index in [9.17, 15) is 10.1 Å². The molecule has 0 saturated heterocycles. The molecule has 0 fully saturated rings. The SMILES string of the molecule is C=C(CCCCCCCCCCCCCCCC)C(=O)Oc1c(C)cccc1C#N. The Bertz CT molecular complexity index is 672. The molecule has 0 N–H and O–H groups in total. The van der Waals surface area contributed by atoms with Crippen LogP contribution in [-0.4, -0.2) is 5.97 Å². The fourth-order valence-corrected chi connectivity index (χ4v) is 3.68. The predicted molar refractivity (Wildman–Crippen MR) is 126 cm³/mol. The zero-order valence-corrected chi connectivity index (χ0v) is 19.3. The summed E-state index contributed by atoms with van der Waals surface area (Å²) >= 11 is 0. The highest BCUT2D eigenvalue weighted by molar-refractivity contribution is 5.89. The van der Waals surface area contributed by atoms with Crippen molar-refractivity contribution < 1.29 is 9.53 Å². The van der Waals surface area contributed by atoms with Crippen molar-refractivity contribution in [3.05, 3.63) is 41.5 Å². The number of nitrogens with zero attached hydrogens (tertiary/aromatic N) is 1. The second-order valence-corrected chi connectivity index (χ2v) is 8.40. The van der Waals surface area contributed by atoms with E-state index in [1.165, 1.54) is 77.0 Å². The Labute approximate surface area is 184 Å². The van der Waals surface area contributed by atoms with Gasteiger partial charge in [-0.2, -0.15) is 5.26 Å². The Kier molecular flexibility index (Phi) is 14.4. The second-order valence-electron chi connectivity index (χ2n) is 8.40. The van der Waals surface area contributed by atoms with Gasteiger partial charge in [-0.1, -0.05) is 109 Å². The van der Waals surface area contributed by atoms with Crippen molar-refractivity contribution in [2.75, 3.05) is 0 Å². The number of carbonyl (C=O) groups is 1. The number of benzene rings is 1. The average Bonchev–Trinajstić information content (AvgIpc) is 2.75. The molecule has 1 aromatic rings. The molecule has 0 aliphatic rings. The van der Waals surface area contributed by atoms with Crippen LogP contribution in [0, 0.1) is 18.3 Å². The highest BCUT2D eigenvalue weighted by atomic mass is 16.5. The largest absolute Gasteiger partial charge is 0.421 e. The minimum Gasteiger partial charge on any atom is -0.421 e. The van der Waals surface area contributed by atoms with Gasteiger partial charge in [0.25, 0.3) is 0 Å². The summed E-state index contributed by atoms with van der Waals surface area (Å²) in [6.45, 7) is 7.98. The minimum atomic E-state index is -0.421. The van der Waals surface area contributed by atoms with Crippen LogP contribution in [0.2, 0.25) is 0 Å². The fraction of sp³-hybridized carbons (Fsp3) is 0.630. The van der Waals surface area contributed by atoms with Gasteiger partial charge in [-0.3, -0.25) is 0 Å². The maximum atomic E-state index is 12.3. The lowest BCUT2D eigenvalue weighted by Crippen LogP contribution is -2.12. The van der Waals surface area contributed by atoms with Crippen LogP contribution in [-0.2, 0) is 4.79 Å². The van der Waals surface area contributed by atoms with Gasteiger partial charge in [-0.05, 0) is 31.4 Å². The van der Waals surface area contributed by atoms with Crippen LogP contribution in [0.25, 0.3) is 0 Å². The van der Waals surface area contributed by atoms with Crippen molar-refractivity contribution in [2.45, 2.75) is 110 Å². The van der Waals surface area contributed by atoms with Gasteiger partial charge in [0.1, 0.15) is 6.07 Å². The molecule has 0 radical (unpaired) electrons. The Balaban J connectivity index is 2.04. The molecule has 0 heterocycles. The van der Waals surface area contributed by atoms with Crippen LogP contribution in [0.15, 0.2) is 30.4 Å². The maximum absolute atomic E-state index is 12.3. The van der Waals surface area contributed by atoms with Crippen molar-refractivity contribution >= 4 is 5.97 Å². The molecular weight excluding hydrogens is 370 g/mol. The van der Waals surface area contributed by atoms with Gasteiger partial charge in [-0.15, -0.1) is 0 Å². The third-order valence-electron chi connectivity index (χ3n) is 5.65. The first-order valence-corrected chi connectivity index (χ1v) is 12.0. The summed E-state index contributed by atoms with van der Waals surface area (Å²) in [6, 6.07) is 7.35. The highest BCUT2D eigenvalue weighted by Gasteiger charge is 2.14. The number of unbranched alkanes of at least 4 members (excludes halogenated alkanes) is 13. The molecule has 3 nitrogen and oxygen atoms in total. The molecule has 0 aliphatic carbocycles. The lowest BCUT2D eigenvalue weighted by Gasteiger charge is -2.10. The van der Waals surface area contributed by atoms with E-state index >= 15 is 0 Å². The summed E-state index contributed by atoms with van der Waals surface area (Å²) in [4.78, 5) is 12.3. The summed E-state index contributed by atoms with van der Waals surface area (Å²) in [6.07, 6.45) is 19.0. The highest BCUT2D eigenvalue weighted by Crippen LogP contribution is 2.24. The van der Waals surface area contributed by atoms with Crippen LogP contribution >= 0.6 is 0 Å². The standard InChI is InChI=1S/C27H41NO2/c1-4-5-6-7-8-9-10-11-12-13-14-15-16-17-19-24(3)27(29)30-26-23(2)20-18-21-25(26)22-28/h18,20-21H,3-17,19H2,1-2H3. The smallest absolute Gasteiger partial charge is 0.338 e. The lowest BCUT2D eigenvalue weighted by molar-refractivity contribution is -0.130. The van der Waals surface area contributed by atoms with Crippen molar-refractivity contribution in [2.24, 2.45) is 0 Å². The summed E-state index contributed by atoms with van der Waals surface area (Å²) in [5.74, 6) is -0.0670. The number of hydrogen-bond acceptors (Lipinski definition) is 3. The summed E-state index contributed by atoms with van der Waals surface area (Å²) in [5.41, 5.74) is 1.65. The van der Waals surface area contributed by atoms with E-state index < -0.39 is 5.97 Å². The predicted octanol–water partition coefficient (Wildman–Crippen LogP) is 8.20. The first kappa shape index (κ1) is 26.0. The van der Waals surface area contributed by atoms with Crippen molar-refractivity contribution in [3.63, 3.8) is 0 Å². The summed E-state index contributed by atoms with van der Waals surface area (Å²) < 4.78 is 5.44. The summed E-state index contributed by atoms with van der Waals surface area (Å²) in [7, 11) is 0. The van der Waals surface area contributed by atoms with Crippen molar-refractivity contribution in [1.29, 1.82) is 5.26 Å². The minimum absolute atomic E-state index is 0.354. The first-order valence-electron chi connectivity index (χ1n) is 12.0. The van der Waals surface area contributed by atoms with Crippen molar-refractivity contribution in [1.82, 2.24) is 0 Å². The van der Waals surface area contributed by atoms with Gasteiger partial charge < -0.3 is 4.74 Å². The van der Waals surface area contributed by atoms with Gasteiger partial charge in [0.05, 0.1) is 5.56 Å². The Hall–Kier alpha value is -2.08. The second kappa shape index (κ2) is 16.7. The first-order chi connectivity index (χ1) is 14.6. The molecule has 0 bridgehead atoms. The Morgan fingerprint density at radius 2 is 1.40 bits per heavy atom. The number of carbonyl (C=O) groups excluding carboxylic acids is 1.